The zero-order valence-electron chi connectivity index (χ0n) is 21.0. The molecule has 194 valence electrons. The molecule has 0 atom stereocenters. The molecule has 0 saturated carbocycles. The maximum atomic E-state index is 13.0. The average Bonchev–Trinajstić information content (AvgIpc) is 3.13. The molecule has 0 aliphatic carbocycles. The van der Waals surface area contributed by atoms with Gasteiger partial charge >= 0.3 is 12.3 Å². The molecule has 6 nitrogen and oxygen atoms in total. The third-order valence-corrected chi connectivity index (χ3v) is 5.13. The van der Waals surface area contributed by atoms with Crippen LogP contribution in [0.3, 0.4) is 0 Å². The summed E-state index contributed by atoms with van der Waals surface area (Å²) in [6, 6.07) is 10.9. The quantitative estimate of drug-likeness (QED) is 0.222. The Morgan fingerprint density at radius 2 is 1.61 bits per heavy atom. The van der Waals surface area contributed by atoms with E-state index in [0.29, 0.717) is 28.7 Å². The number of benzene rings is 2. The van der Waals surface area contributed by atoms with E-state index in [-0.39, 0.29) is 17.1 Å². The van der Waals surface area contributed by atoms with Gasteiger partial charge in [-0.1, -0.05) is 6.58 Å². The Morgan fingerprint density at radius 1 is 0.944 bits per heavy atom. The molecule has 0 bridgehead atoms. The predicted octanol–water partition coefficient (Wildman–Crippen LogP) is 7.45. The lowest BCUT2D eigenvalue weighted by atomic mass is 9.92. The molecule has 3 aromatic rings. The van der Waals surface area contributed by atoms with E-state index in [9.17, 15) is 18.0 Å². The lowest BCUT2D eigenvalue weighted by Crippen LogP contribution is -2.40. The van der Waals surface area contributed by atoms with E-state index >= 15 is 0 Å². The lowest BCUT2D eigenvalue weighted by Gasteiger charge is -2.35. The van der Waals surface area contributed by atoms with E-state index < -0.39 is 29.3 Å². The largest absolute Gasteiger partial charge is 0.573 e. The molecule has 0 unspecified atom stereocenters. The van der Waals surface area contributed by atoms with Gasteiger partial charge in [0.25, 0.3) is 0 Å². The Labute approximate surface area is 207 Å². The van der Waals surface area contributed by atoms with Crippen LogP contribution in [0.2, 0.25) is 0 Å². The van der Waals surface area contributed by atoms with Crippen LogP contribution in [0.25, 0.3) is 22.3 Å². The van der Waals surface area contributed by atoms with Gasteiger partial charge in [-0.05, 0) is 65.0 Å². The van der Waals surface area contributed by atoms with Crippen LogP contribution in [0, 0.1) is 0 Å². The summed E-state index contributed by atoms with van der Waals surface area (Å²) < 4.78 is 65.7. The van der Waals surface area contributed by atoms with Gasteiger partial charge in [0.15, 0.2) is 0 Å². The molecule has 0 spiro atoms. The van der Waals surface area contributed by atoms with Gasteiger partial charge in [-0.15, -0.1) is 13.2 Å². The fourth-order valence-electron chi connectivity index (χ4n) is 4.00. The smallest absolute Gasteiger partial charge is 0.497 e. The number of methoxy groups -OCH3 is 1. The van der Waals surface area contributed by atoms with Gasteiger partial charge in [0.1, 0.15) is 39.8 Å². The zero-order chi connectivity index (χ0) is 26.9. The second-order valence-electron chi connectivity index (χ2n) is 9.69. The molecule has 2 aromatic carbocycles. The van der Waals surface area contributed by atoms with Crippen LogP contribution in [0.15, 0.2) is 59.0 Å². The Balaban J connectivity index is 1.86. The van der Waals surface area contributed by atoms with Crippen molar-refractivity contribution in [3.05, 3.63) is 54.6 Å². The summed E-state index contributed by atoms with van der Waals surface area (Å²) in [5.74, 6) is -0.0326. The molecule has 1 aromatic heterocycles. The molecule has 1 heterocycles. The van der Waals surface area contributed by atoms with Gasteiger partial charge in [-0.3, -0.25) is 0 Å². The van der Waals surface area contributed by atoms with Gasteiger partial charge in [-0.25, -0.2) is 4.79 Å². The monoisotopic (exact) mass is 506 g/mol. The minimum atomic E-state index is -4.88. The van der Waals surface area contributed by atoms with Crippen molar-refractivity contribution < 1.29 is 41.3 Å². The summed E-state index contributed by atoms with van der Waals surface area (Å²) >= 11 is 0. The van der Waals surface area contributed by atoms with E-state index in [4.69, 9.17) is 18.6 Å². The van der Waals surface area contributed by atoms with Crippen molar-refractivity contribution in [2.24, 2.45) is 0 Å². The number of fused-ring (bicyclic) bond motifs is 1. The zero-order valence-corrected chi connectivity index (χ0v) is 21.0. The molecule has 0 amide bonds. The van der Waals surface area contributed by atoms with Crippen molar-refractivity contribution >= 4 is 16.9 Å². The fourth-order valence-corrected chi connectivity index (χ4v) is 4.00. The van der Waals surface area contributed by atoms with E-state index in [0.717, 1.165) is 6.07 Å². The highest BCUT2D eigenvalue weighted by Gasteiger charge is 2.34. The third kappa shape index (κ3) is 6.96. The SMILES string of the molecule is C=C(C)C(=O)OC(C)(C)CC(C)(C)Oc1ccc2cc(-c3ccc(OC)cc3OC(F)(F)F)oc2c1. The average molecular weight is 507 g/mol. The van der Waals surface area contributed by atoms with E-state index in [1.54, 1.807) is 45.0 Å². The first-order valence-electron chi connectivity index (χ1n) is 11.1. The van der Waals surface area contributed by atoms with Crippen LogP contribution in [0.1, 0.15) is 41.0 Å². The Morgan fingerprint density at radius 3 is 2.22 bits per heavy atom. The van der Waals surface area contributed by atoms with Crippen LogP contribution in [-0.4, -0.2) is 30.6 Å². The van der Waals surface area contributed by atoms with E-state index in [1.165, 1.54) is 19.2 Å². The number of carbonyl (C=O) groups is 1. The molecule has 0 N–H and O–H groups in total. The van der Waals surface area contributed by atoms with Crippen molar-refractivity contribution in [2.75, 3.05) is 7.11 Å². The van der Waals surface area contributed by atoms with Gasteiger partial charge in [-0.2, -0.15) is 0 Å². The summed E-state index contributed by atoms with van der Waals surface area (Å²) in [6.45, 7) is 12.5. The Bertz CT molecular complexity index is 1270. The number of alkyl halides is 3. The second-order valence-corrected chi connectivity index (χ2v) is 9.69. The highest BCUT2D eigenvalue weighted by atomic mass is 19.4. The summed E-state index contributed by atoms with van der Waals surface area (Å²) in [4.78, 5) is 12.0. The molecule has 0 radical (unpaired) electrons. The number of hydrogen-bond donors (Lipinski definition) is 0. The number of carbonyl (C=O) groups excluding carboxylic acids is 1. The molecular formula is C27H29F3O6. The summed E-state index contributed by atoms with van der Waals surface area (Å²) in [7, 11) is 1.35. The summed E-state index contributed by atoms with van der Waals surface area (Å²) in [5.41, 5.74) is -0.703. The van der Waals surface area contributed by atoms with Gasteiger partial charge in [0.05, 0.1) is 12.7 Å². The molecule has 9 heteroatoms. The van der Waals surface area contributed by atoms with E-state index in [2.05, 4.69) is 11.3 Å². The van der Waals surface area contributed by atoms with Crippen molar-refractivity contribution in [2.45, 2.75) is 58.6 Å². The minimum Gasteiger partial charge on any atom is -0.497 e. The number of ether oxygens (including phenoxy) is 4. The van der Waals surface area contributed by atoms with Crippen LogP contribution < -0.4 is 14.2 Å². The van der Waals surface area contributed by atoms with Crippen LogP contribution >= 0.6 is 0 Å². The number of hydrogen-bond acceptors (Lipinski definition) is 6. The molecule has 0 aliphatic heterocycles. The number of furan rings is 1. The molecule has 0 fully saturated rings. The van der Waals surface area contributed by atoms with Crippen molar-refractivity contribution in [3.8, 4) is 28.6 Å². The Hall–Kier alpha value is -3.62. The maximum Gasteiger partial charge on any atom is 0.573 e. The first-order valence-corrected chi connectivity index (χ1v) is 11.1. The normalized spacial score (nSPS) is 12.4. The molecule has 3 rings (SSSR count). The van der Waals surface area contributed by atoms with Gasteiger partial charge in [0, 0.05) is 29.5 Å². The topological polar surface area (TPSA) is 67.1 Å². The second kappa shape index (κ2) is 9.79. The van der Waals surface area contributed by atoms with Crippen LogP contribution in [-0.2, 0) is 9.53 Å². The minimum absolute atomic E-state index is 0.119. The number of rotatable bonds is 9. The maximum absolute atomic E-state index is 13.0. The first kappa shape index (κ1) is 27.0. The van der Waals surface area contributed by atoms with Gasteiger partial charge < -0.3 is 23.4 Å². The fraction of sp³-hybridized carbons (Fsp3) is 0.370. The molecule has 36 heavy (non-hydrogen) atoms. The highest BCUT2D eigenvalue weighted by Crippen LogP contribution is 2.40. The highest BCUT2D eigenvalue weighted by molar-refractivity contribution is 5.87. The van der Waals surface area contributed by atoms with Crippen LogP contribution in [0.4, 0.5) is 13.2 Å². The summed E-state index contributed by atoms with van der Waals surface area (Å²) in [6.07, 6.45) is -4.50. The Kier molecular flexibility index (Phi) is 7.34. The van der Waals surface area contributed by atoms with Crippen molar-refractivity contribution in [1.29, 1.82) is 0 Å². The van der Waals surface area contributed by atoms with E-state index in [1.807, 2.05) is 13.8 Å². The summed E-state index contributed by atoms with van der Waals surface area (Å²) in [5, 5.41) is 0.666. The third-order valence-electron chi connectivity index (χ3n) is 5.13. The van der Waals surface area contributed by atoms with Gasteiger partial charge in [0.2, 0.25) is 0 Å². The molecule has 0 aliphatic rings. The number of esters is 1. The predicted molar refractivity (Wildman–Crippen MR) is 129 cm³/mol. The first-order chi connectivity index (χ1) is 16.6. The van der Waals surface area contributed by atoms with Crippen molar-refractivity contribution in [1.82, 2.24) is 0 Å². The van der Waals surface area contributed by atoms with Crippen molar-refractivity contribution in [3.63, 3.8) is 0 Å². The lowest BCUT2D eigenvalue weighted by molar-refractivity contribution is -0.274. The molecular weight excluding hydrogens is 477 g/mol. The molecule has 0 saturated heterocycles. The van der Waals surface area contributed by atoms with Crippen LogP contribution in [0.5, 0.6) is 17.2 Å². The standard InChI is InChI=1S/C27H29F3O6/c1-16(2)24(31)36-26(5,6)15-25(3,4)34-19-9-8-17-12-22(33-21(17)14-19)20-11-10-18(32-7)13-23(20)35-27(28,29)30/h8-14H,1,15H2,2-7H3. The number of halogens is 3.